The third-order valence-electron chi connectivity index (χ3n) is 13.9. The minimum absolute atomic E-state index is 0.0138. The fourth-order valence-corrected chi connectivity index (χ4v) is 12.0. The first kappa shape index (κ1) is 39.1. The van der Waals surface area contributed by atoms with Crippen molar-refractivity contribution in [2.45, 2.75) is 32.2 Å². The molecule has 1 aliphatic carbocycles. The number of rotatable bonds is 9. The summed E-state index contributed by atoms with van der Waals surface area (Å²) in [4.78, 5) is 2.55. The number of fused-ring (bicyclic) bond motifs is 10. The fourth-order valence-electron chi connectivity index (χ4n) is 10.8. The van der Waals surface area contributed by atoms with Crippen LogP contribution in [0.1, 0.15) is 30.6 Å². The third-order valence-corrected chi connectivity index (χ3v) is 15.1. The van der Waals surface area contributed by atoms with E-state index in [4.69, 9.17) is 0 Å². The predicted octanol–water partition coefficient (Wildman–Crippen LogP) is 14.9. The van der Waals surface area contributed by atoms with E-state index in [1.807, 2.05) is 11.3 Å². The summed E-state index contributed by atoms with van der Waals surface area (Å²) in [6.07, 6.45) is 5.76. The molecule has 1 fully saturated rings. The second kappa shape index (κ2) is 16.0. The van der Waals surface area contributed by atoms with Gasteiger partial charge >= 0.3 is 0 Å². The average Bonchev–Trinajstić information content (AvgIpc) is 3.99. The molecule has 318 valence electrons. The molecule has 3 unspecified atom stereocenters. The number of hydrogen-bond acceptors (Lipinski definition) is 5. The van der Waals surface area contributed by atoms with E-state index < -0.39 is 0 Å². The van der Waals surface area contributed by atoms with Crippen LogP contribution in [0.4, 0.5) is 11.4 Å². The Kier molecular flexibility index (Phi) is 9.46. The average molecular weight is 870 g/mol. The number of aromatic nitrogens is 1. The summed E-state index contributed by atoms with van der Waals surface area (Å²) >= 11 is 1.89. The third kappa shape index (κ3) is 6.48. The number of hydrazine groups is 1. The highest BCUT2D eigenvalue weighted by Gasteiger charge is 2.44. The van der Waals surface area contributed by atoms with Gasteiger partial charge in [0, 0.05) is 60.2 Å². The fraction of sp³-hybridized carbons (Fsp3) is 0.100. The number of benzene rings is 8. The lowest BCUT2D eigenvalue weighted by Crippen LogP contribution is -2.41. The number of para-hydroxylation sites is 4. The minimum Gasteiger partial charge on any atom is -0.313 e. The van der Waals surface area contributed by atoms with Crippen LogP contribution in [-0.2, 0) is 6.54 Å². The largest absolute Gasteiger partial charge is 0.313 e. The molecule has 2 aromatic heterocycles. The van der Waals surface area contributed by atoms with Crippen LogP contribution in [0, 0.1) is 5.92 Å². The lowest BCUT2D eigenvalue weighted by Gasteiger charge is -2.35. The second-order valence-corrected chi connectivity index (χ2v) is 18.9. The van der Waals surface area contributed by atoms with E-state index in [0.29, 0.717) is 0 Å². The second-order valence-electron chi connectivity index (χ2n) is 17.8. The first-order valence-electron chi connectivity index (χ1n) is 23.1. The van der Waals surface area contributed by atoms with Gasteiger partial charge in [0.1, 0.15) is 6.17 Å². The smallest absolute Gasteiger partial charge is 0.114 e. The molecule has 1 saturated heterocycles. The van der Waals surface area contributed by atoms with Gasteiger partial charge in [-0.3, -0.25) is 5.32 Å². The zero-order chi connectivity index (χ0) is 43.7. The minimum atomic E-state index is -0.0138. The summed E-state index contributed by atoms with van der Waals surface area (Å²) in [6.45, 7) is 3.16. The molecular weight excluding hydrogens is 823 g/mol. The van der Waals surface area contributed by atoms with E-state index in [1.165, 1.54) is 98.4 Å². The summed E-state index contributed by atoms with van der Waals surface area (Å²) in [5.74, 6) is 0.259. The lowest BCUT2D eigenvalue weighted by atomic mass is 9.88. The molecule has 10 aromatic rings. The Morgan fingerprint density at radius 3 is 2.06 bits per heavy atom. The Labute approximate surface area is 389 Å². The Balaban J connectivity index is 0.870. The van der Waals surface area contributed by atoms with Crippen LogP contribution >= 0.6 is 11.3 Å². The molecule has 2 aliphatic heterocycles. The summed E-state index contributed by atoms with van der Waals surface area (Å²) in [7, 11) is 0. The molecule has 0 saturated carbocycles. The SMILES string of the molecule is CC1CC(N2c3ccccc3-c3c(n(-c4ccccc4)c4ccccc34)-c3ccccc32)=CC=C1C(NCc1ccccc1)[N@]1NC1c1ccc(-c2cccc3c2sc2ccccc23)cc1. The standard InChI is InChI=1S/C60H47N5S/c1-39-37-44(63-52-27-12-8-22-49(52)56-50-23-9-13-28-53(50)64(43-19-6-3-7-20-43)57(56)51-24-10-14-29-54(51)63)35-36-45(39)60(61-38-40-17-4-2-5-18-40)65-59(62-65)42-33-31-41(32-34-42)46-25-16-26-48-47-21-11-15-30-55(47)66-58(46)48/h2-36,39,59-62H,37-38H2,1H3/t39?,59?,60?,65-/m1/s1. The molecule has 3 aliphatic rings. The highest BCUT2D eigenvalue weighted by Crippen LogP contribution is 2.54. The molecule has 4 atom stereocenters. The maximum Gasteiger partial charge on any atom is 0.114 e. The first-order chi connectivity index (χ1) is 32.7. The van der Waals surface area contributed by atoms with Gasteiger partial charge in [-0.15, -0.1) is 11.3 Å². The maximum atomic E-state index is 4.00. The van der Waals surface area contributed by atoms with Crippen molar-refractivity contribution in [3.8, 4) is 39.2 Å². The van der Waals surface area contributed by atoms with Crippen LogP contribution in [0.2, 0.25) is 0 Å². The molecule has 0 spiro atoms. The van der Waals surface area contributed by atoms with E-state index in [0.717, 1.165) is 18.7 Å². The van der Waals surface area contributed by atoms with Crippen molar-refractivity contribution >= 4 is 53.8 Å². The van der Waals surface area contributed by atoms with Gasteiger partial charge in [0.15, 0.2) is 0 Å². The highest BCUT2D eigenvalue weighted by atomic mass is 32.1. The molecule has 0 amide bonds. The number of allylic oxidation sites excluding steroid dienone is 3. The van der Waals surface area contributed by atoms with E-state index >= 15 is 0 Å². The summed E-state index contributed by atoms with van der Waals surface area (Å²) in [5.41, 5.74) is 21.2. The van der Waals surface area contributed by atoms with Gasteiger partial charge < -0.3 is 9.47 Å². The van der Waals surface area contributed by atoms with Crippen LogP contribution in [0.3, 0.4) is 0 Å². The molecule has 5 nitrogen and oxygen atoms in total. The van der Waals surface area contributed by atoms with Crippen molar-refractivity contribution in [2.75, 3.05) is 4.90 Å². The quantitative estimate of drug-likeness (QED) is 0.142. The Bertz CT molecular complexity index is 3530. The van der Waals surface area contributed by atoms with Gasteiger partial charge in [-0.2, -0.15) is 5.01 Å². The summed E-state index contributed by atoms with van der Waals surface area (Å²) < 4.78 is 5.15. The van der Waals surface area contributed by atoms with Crippen molar-refractivity contribution in [2.24, 2.45) is 5.92 Å². The van der Waals surface area contributed by atoms with Crippen LogP contribution in [-0.4, -0.2) is 15.7 Å². The molecule has 0 bridgehead atoms. The lowest BCUT2D eigenvalue weighted by molar-refractivity contribution is 0.308. The van der Waals surface area contributed by atoms with Gasteiger partial charge in [-0.1, -0.05) is 177 Å². The normalized spacial score (nSPS) is 18.0. The molecule has 2 N–H and O–H groups in total. The Morgan fingerprint density at radius 2 is 1.26 bits per heavy atom. The van der Waals surface area contributed by atoms with Crippen LogP contribution in [0.25, 0.3) is 70.3 Å². The number of nitrogens with one attached hydrogen (secondary N) is 2. The van der Waals surface area contributed by atoms with Gasteiger partial charge in [0.05, 0.1) is 28.8 Å². The molecule has 13 rings (SSSR count). The van der Waals surface area contributed by atoms with Crippen LogP contribution in [0.5, 0.6) is 0 Å². The molecule has 6 heteroatoms. The predicted molar refractivity (Wildman–Crippen MR) is 276 cm³/mol. The van der Waals surface area contributed by atoms with Gasteiger partial charge in [-0.05, 0) is 82.6 Å². The maximum absolute atomic E-state index is 4.00. The number of nitrogens with zero attached hydrogens (tertiary/aromatic N) is 3. The van der Waals surface area contributed by atoms with Gasteiger partial charge in [-0.25, -0.2) is 5.43 Å². The van der Waals surface area contributed by atoms with Crippen LogP contribution < -0.4 is 15.6 Å². The monoisotopic (exact) mass is 869 g/mol. The molecule has 4 heterocycles. The zero-order valence-corrected chi connectivity index (χ0v) is 37.4. The number of anilines is 2. The van der Waals surface area contributed by atoms with Crippen molar-refractivity contribution in [1.29, 1.82) is 0 Å². The summed E-state index contributed by atoms with van der Waals surface area (Å²) in [5, 5.41) is 10.3. The van der Waals surface area contributed by atoms with Crippen molar-refractivity contribution < 1.29 is 0 Å². The Morgan fingerprint density at radius 1 is 0.606 bits per heavy atom. The number of hydrogen-bond donors (Lipinski definition) is 2. The topological polar surface area (TPSA) is 45.2 Å². The van der Waals surface area contributed by atoms with E-state index in [-0.39, 0.29) is 18.2 Å². The summed E-state index contributed by atoms with van der Waals surface area (Å²) in [6, 6.07) is 73.2. The Hall–Kier alpha value is -7.32. The molecule has 0 radical (unpaired) electrons. The van der Waals surface area contributed by atoms with Crippen molar-refractivity contribution in [1.82, 2.24) is 20.3 Å². The molecular formula is C60H47N5S. The highest BCUT2D eigenvalue weighted by molar-refractivity contribution is 7.26. The number of thiophene rings is 1. The van der Waals surface area contributed by atoms with Gasteiger partial charge in [0.25, 0.3) is 0 Å². The molecule has 66 heavy (non-hydrogen) atoms. The molecule has 8 aromatic carbocycles. The van der Waals surface area contributed by atoms with Crippen molar-refractivity contribution in [3.63, 3.8) is 0 Å². The van der Waals surface area contributed by atoms with E-state index in [2.05, 4.69) is 244 Å². The van der Waals surface area contributed by atoms with Gasteiger partial charge in [0.2, 0.25) is 0 Å². The zero-order valence-electron chi connectivity index (χ0n) is 36.6. The van der Waals surface area contributed by atoms with Crippen molar-refractivity contribution in [3.05, 3.63) is 235 Å². The van der Waals surface area contributed by atoms with E-state index in [1.54, 1.807) is 0 Å². The van der Waals surface area contributed by atoms with Crippen LogP contribution in [0.15, 0.2) is 224 Å². The van der Waals surface area contributed by atoms with E-state index in [9.17, 15) is 0 Å². The first-order valence-corrected chi connectivity index (χ1v) is 23.9.